The van der Waals surface area contributed by atoms with Crippen molar-refractivity contribution in [2.24, 2.45) is 0 Å². The highest BCUT2D eigenvalue weighted by atomic mass is 16.4. The predicted octanol–water partition coefficient (Wildman–Crippen LogP) is 1.19. The molecule has 0 saturated heterocycles. The largest absolute Gasteiger partial charge is 0.481 e. The van der Waals surface area contributed by atoms with E-state index in [-0.39, 0.29) is 12.3 Å². The van der Waals surface area contributed by atoms with E-state index in [4.69, 9.17) is 5.11 Å². The number of amides is 3. The fourth-order valence-electron chi connectivity index (χ4n) is 2.08. The van der Waals surface area contributed by atoms with E-state index < -0.39 is 24.1 Å². The van der Waals surface area contributed by atoms with Crippen molar-refractivity contribution in [2.75, 3.05) is 13.1 Å². The second kappa shape index (κ2) is 10.0. The van der Waals surface area contributed by atoms with Crippen molar-refractivity contribution in [2.45, 2.75) is 59.0 Å². The molecule has 2 unspecified atom stereocenters. The molecule has 2 atom stereocenters. The Bertz CT molecular complexity index is 356. The molecule has 122 valence electrons. The minimum absolute atomic E-state index is 0.125. The summed E-state index contributed by atoms with van der Waals surface area (Å²) < 4.78 is 0. The summed E-state index contributed by atoms with van der Waals surface area (Å²) in [5.74, 6) is -1.11. The molecule has 0 spiro atoms. The van der Waals surface area contributed by atoms with E-state index in [1.165, 1.54) is 0 Å². The molecule has 0 aromatic heterocycles. The standard InChI is InChI=1S/C14H27N3O4/c1-5-8-11(9-12(18)19)16-14(21)15-10(4)13(20)17(6-2)7-3/h10-11H,5-9H2,1-4H3,(H,18,19)(H2,15,16,21). The van der Waals surface area contributed by atoms with Gasteiger partial charge in [0.05, 0.1) is 6.42 Å². The summed E-state index contributed by atoms with van der Waals surface area (Å²) in [5.41, 5.74) is 0. The van der Waals surface area contributed by atoms with Gasteiger partial charge in [-0.15, -0.1) is 0 Å². The zero-order valence-electron chi connectivity index (χ0n) is 13.3. The van der Waals surface area contributed by atoms with Gasteiger partial charge < -0.3 is 20.6 Å². The smallest absolute Gasteiger partial charge is 0.315 e. The SMILES string of the molecule is CCCC(CC(=O)O)NC(=O)NC(C)C(=O)N(CC)CC. The Balaban J connectivity index is 4.45. The van der Waals surface area contributed by atoms with Gasteiger partial charge >= 0.3 is 12.0 Å². The molecule has 0 fully saturated rings. The third-order valence-electron chi connectivity index (χ3n) is 3.19. The van der Waals surface area contributed by atoms with E-state index in [1.54, 1.807) is 11.8 Å². The summed E-state index contributed by atoms with van der Waals surface area (Å²) in [6, 6.07) is -1.58. The van der Waals surface area contributed by atoms with Crippen molar-refractivity contribution >= 4 is 17.9 Å². The Morgan fingerprint density at radius 3 is 2.10 bits per heavy atom. The Kier molecular flexibility index (Phi) is 9.16. The Morgan fingerprint density at radius 1 is 1.10 bits per heavy atom. The van der Waals surface area contributed by atoms with Gasteiger partial charge in [0.2, 0.25) is 5.91 Å². The van der Waals surface area contributed by atoms with Crippen LogP contribution in [0.25, 0.3) is 0 Å². The van der Waals surface area contributed by atoms with Gasteiger partial charge in [-0.3, -0.25) is 9.59 Å². The van der Waals surface area contributed by atoms with Crippen molar-refractivity contribution in [3.63, 3.8) is 0 Å². The van der Waals surface area contributed by atoms with E-state index in [0.717, 1.165) is 6.42 Å². The van der Waals surface area contributed by atoms with Crippen LogP contribution in [0.2, 0.25) is 0 Å². The zero-order valence-corrected chi connectivity index (χ0v) is 13.3. The average molecular weight is 301 g/mol. The maximum atomic E-state index is 12.0. The molecule has 0 rings (SSSR count). The predicted molar refractivity (Wildman–Crippen MR) is 80.0 cm³/mol. The number of carboxylic acid groups (broad SMARTS) is 1. The third kappa shape index (κ3) is 7.53. The number of carboxylic acids is 1. The number of carbonyl (C=O) groups excluding carboxylic acids is 2. The van der Waals surface area contributed by atoms with Crippen molar-refractivity contribution in [1.82, 2.24) is 15.5 Å². The normalized spacial score (nSPS) is 13.1. The lowest BCUT2D eigenvalue weighted by Gasteiger charge is -2.24. The van der Waals surface area contributed by atoms with E-state index in [9.17, 15) is 14.4 Å². The number of carbonyl (C=O) groups is 3. The number of hydrogen-bond donors (Lipinski definition) is 3. The van der Waals surface area contributed by atoms with Crippen molar-refractivity contribution in [1.29, 1.82) is 0 Å². The average Bonchev–Trinajstić information content (AvgIpc) is 2.39. The number of nitrogens with one attached hydrogen (secondary N) is 2. The fraction of sp³-hybridized carbons (Fsp3) is 0.786. The summed E-state index contributed by atoms with van der Waals surface area (Å²) >= 11 is 0. The molecule has 0 heterocycles. The van der Waals surface area contributed by atoms with Gasteiger partial charge in [-0.1, -0.05) is 13.3 Å². The molecule has 3 amide bonds. The van der Waals surface area contributed by atoms with Gasteiger partial charge in [-0.05, 0) is 27.2 Å². The van der Waals surface area contributed by atoms with Gasteiger partial charge in [-0.25, -0.2) is 4.79 Å². The van der Waals surface area contributed by atoms with Crippen LogP contribution >= 0.6 is 0 Å². The van der Waals surface area contributed by atoms with Crippen molar-refractivity contribution in [3.05, 3.63) is 0 Å². The second-order valence-electron chi connectivity index (χ2n) is 4.93. The maximum absolute atomic E-state index is 12.0. The lowest BCUT2D eigenvalue weighted by molar-refractivity contribution is -0.137. The molecule has 0 aliphatic carbocycles. The van der Waals surface area contributed by atoms with Crippen molar-refractivity contribution in [3.8, 4) is 0 Å². The van der Waals surface area contributed by atoms with Crippen LogP contribution < -0.4 is 10.6 Å². The van der Waals surface area contributed by atoms with Crippen LogP contribution in [0, 0.1) is 0 Å². The quantitative estimate of drug-likeness (QED) is 0.595. The highest BCUT2D eigenvalue weighted by molar-refractivity contribution is 5.86. The Hall–Kier alpha value is -1.79. The van der Waals surface area contributed by atoms with Crippen LogP contribution in [0.1, 0.15) is 47.0 Å². The molecule has 0 aromatic carbocycles. The second-order valence-corrected chi connectivity index (χ2v) is 4.93. The summed E-state index contributed by atoms with van der Waals surface area (Å²) in [4.78, 5) is 36.2. The van der Waals surface area contributed by atoms with Gasteiger partial charge in [0, 0.05) is 19.1 Å². The van der Waals surface area contributed by atoms with E-state index >= 15 is 0 Å². The monoisotopic (exact) mass is 301 g/mol. The molecular formula is C14H27N3O4. The molecule has 0 aliphatic heterocycles. The molecule has 7 heteroatoms. The van der Waals surface area contributed by atoms with E-state index in [0.29, 0.717) is 19.5 Å². The van der Waals surface area contributed by atoms with Gasteiger partial charge in [0.25, 0.3) is 0 Å². The van der Waals surface area contributed by atoms with Crippen LogP contribution in [-0.2, 0) is 9.59 Å². The molecule has 0 saturated carbocycles. The topological polar surface area (TPSA) is 98.7 Å². The van der Waals surface area contributed by atoms with E-state index in [1.807, 2.05) is 20.8 Å². The minimum atomic E-state index is -0.957. The van der Waals surface area contributed by atoms with Crippen LogP contribution in [0.15, 0.2) is 0 Å². The van der Waals surface area contributed by atoms with E-state index in [2.05, 4.69) is 10.6 Å². The molecule has 7 nitrogen and oxygen atoms in total. The number of nitrogens with zero attached hydrogens (tertiary/aromatic N) is 1. The number of aliphatic carboxylic acids is 1. The first-order valence-corrected chi connectivity index (χ1v) is 7.43. The summed E-state index contributed by atoms with van der Waals surface area (Å²) in [6.45, 7) is 8.45. The van der Waals surface area contributed by atoms with Crippen LogP contribution in [0.3, 0.4) is 0 Å². The molecule has 0 bridgehead atoms. The maximum Gasteiger partial charge on any atom is 0.315 e. The first kappa shape index (κ1) is 19.2. The number of rotatable bonds is 9. The lowest BCUT2D eigenvalue weighted by atomic mass is 10.1. The minimum Gasteiger partial charge on any atom is -0.481 e. The molecular weight excluding hydrogens is 274 g/mol. The van der Waals surface area contributed by atoms with Crippen LogP contribution in [0.5, 0.6) is 0 Å². The Morgan fingerprint density at radius 2 is 1.67 bits per heavy atom. The zero-order chi connectivity index (χ0) is 16.4. The third-order valence-corrected chi connectivity index (χ3v) is 3.19. The van der Waals surface area contributed by atoms with Gasteiger partial charge in [0.15, 0.2) is 0 Å². The molecule has 21 heavy (non-hydrogen) atoms. The number of hydrogen-bond acceptors (Lipinski definition) is 3. The first-order valence-electron chi connectivity index (χ1n) is 7.43. The van der Waals surface area contributed by atoms with Gasteiger partial charge in [0.1, 0.15) is 6.04 Å². The molecule has 0 radical (unpaired) electrons. The van der Waals surface area contributed by atoms with Crippen molar-refractivity contribution < 1.29 is 19.5 Å². The fourth-order valence-corrected chi connectivity index (χ4v) is 2.08. The number of likely N-dealkylation sites (N-methyl/N-ethyl adjacent to an activating group) is 1. The summed E-state index contributed by atoms with van der Waals surface area (Å²) in [6.07, 6.45) is 1.23. The highest BCUT2D eigenvalue weighted by Crippen LogP contribution is 2.02. The molecule has 3 N–H and O–H groups in total. The number of urea groups is 1. The van der Waals surface area contributed by atoms with Gasteiger partial charge in [-0.2, -0.15) is 0 Å². The Labute approximate surface area is 126 Å². The van der Waals surface area contributed by atoms with Crippen LogP contribution in [0.4, 0.5) is 4.79 Å². The lowest BCUT2D eigenvalue weighted by Crippen LogP contribution is -2.51. The molecule has 0 aromatic rings. The highest BCUT2D eigenvalue weighted by Gasteiger charge is 2.21. The summed E-state index contributed by atoms with van der Waals surface area (Å²) in [5, 5.41) is 14.0. The molecule has 0 aliphatic rings. The summed E-state index contributed by atoms with van der Waals surface area (Å²) in [7, 11) is 0. The first-order chi connectivity index (χ1) is 9.85. The van der Waals surface area contributed by atoms with Crippen LogP contribution in [-0.4, -0.2) is 53.1 Å².